The molecule has 5 rings (SSSR count). The third kappa shape index (κ3) is 1.32. The molecule has 1 aromatic carbocycles. The van der Waals surface area contributed by atoms with E-state index < -0.39 is 42.3 Å². The van der Waals surface area contributed by atoms with Gasteiger partial charge < -0.3 is 19.5 Å². The van der Waals surface area contributed by atoms with Gasteiger partial charge in [-0.05, 0) is 44.4 Å². The van der Waals surface area contributed by atoms with E-state index in [2.05, 4.69) is 0 Å². The Morgan fingerprint density at radius 2 is 2.52 bits per heavy atom. The molecule has 1 unspecified atom stereocenters. The number of rotatable bonds is 2. The van der Waals surface area contributed by atoms with E-state index in [9.17, 15) is 4.79 Å². The number of hydrogen-bond donors (Lipinski definition) is 1. The zero-order valence-corrected chi connectivity index (χ0v) is 12.6. The van der Waals surface area contributed by atoms with Crippen molar-refractivity contribution in [3.8, 4) is 11.5 Å². The van der Waals surface area contributed by atoms with E-state index in [1.54, 1.807) is 0 Å². The lowest BCUT2D eigenvalue weighted by Gasteiger charge is -2.62. The molecule has 122 valence electrons. The summed E-state index contributed by atoms with van der Waals surface area (Å²) in [5, 5.41) is 5.27. The first kappa shape index (κ1) is 8.49. The Kier molecular flexibility index (Phi) is 1.51. The van der Waals surface area contributed by atoms with Gasteiger partial charge in [0.2, 0.25) is 1.43 Å². The summed E-state index contributed by atoms with van der Waals surface area (Å²) in [7, 11) is 1.41. The summed E-state index contributed by atoms with van der Waals surface area (Å²) in [6.45, 7) is -2.75. The first-order valence-corrected chi connectivity index (χ1v) is 7.78. The Hall–Kier alpha value is -1.59. The van der Waals surface area contributed by atoms with Crippen LogP contribution in [0.3, 0.4) is 0 Å². The molecule has 1 aromatic rings. The molecule has 0 amide bonds. The Balaban J connectivity index is 1.94. The summed E-state index contributed by atoms with van der Waals surface area (Å²) in [5.41, 5.74) is -2.84. The van der Waals surface area contributed by atoms with Crippen molar-refractivity contribution in [1.82, 2.24) is 4.90 Å². The summed E-state index contributed by atoms with van der Waals surface area (Å²) in [6, 6.07) is 1.59. The molecule has 5 heteroatoms. The molecule has 1 N–H and O–H groups in total. The van der Waals surface area contributed by atoms with Crippen molar-refractivity contribution in [1.29, 1.82) is 1.43 Å². The van der Waals surface area contributed by atoms with Crippen LogP contribution in [0.1, 0.15) is 38.6 Å². The van der Waals surface area contributed by atoms with E-state index in [-0.39, 0.29) is 42.9 Å². The van der Waals surface area contributed by atoms with Crippen LogP contribution in [0.5, 0.6) is 11.5 Å². The minimum atomic E-state index is -2.65. The van der Waals surface area contributed by atoms with Crippen LogP contribution in [0.25, 0.3) is 0 Å². The number of likely N-dealkylation sites (N-methyl/N-ethyl adjacent to an activating group) is 1. The summed E-state index contributed by atoms with van der Waals surface area (Å²) in [5.74, 6) is -0.141. The Morgan fingerprint density at radius 3 is 3.30 bits per heavy atom. The molecule has 2 fully saturated rings. The number of benzene rings is 1. The van der Waals surface area contributed by atoms with Crippen LogP contribution in [-0.4, -0.2) is 55.6 Å². The molecule has 2 bridgehead atoms. The van der Waals surface area contributed by atoms with E-state index in [4.69, 9.17) is 24.2 Å². The van der Waals surface area contributed by atoms with Gasteiger partial charge in [-0.25, -0.2) is 0 Å². The van der Waals surface area contributed by atoms with Gasteiger partial charge in [-0.1, -0.05) is 6.07 Å². The number of Topliss-reactive ketones (excluding diaryl/α,β-unsaturated/α-hetero) is 1. The second kappa shape index (κ2) is 4.08. The van der Waals surface area contributed by atoms with E-state index in [1.807, 2.05) is 0 Å². The number of likely N-dealkylation sites (tertiary alicyclic amines) is 1. The van der Waals surface area contributed by atoms with E-state index in [0.29, 0.717) is 5.56 Å². The molecule has 2 aliphatic heterocycles. The van der Waals surface area contributed by atoms with Gasteiger partial charge in [-0.3, -0.25) is 4.79 Å². The third-order valence-electron chi connectivity index (χ3n) is 5.83. The van der Waals surface area contributed by atoms with Crippen LogP contribution < -0.4 is 9.47 Å². The summed E-state index contributed by atoms with van der Waals surface area (Å²) in [4.78, 5) is 14.1. The number of carbonyl (C=O) groups excluding carboxylic acids is 1. The molecule has 0 radical (unpaired) electrons. The van der Waals surface area contributed by atoms with Crippen LogP contribution in [0, 0.1) is 0 Å². The fourth-order valence-electron chi connectivity index (χ4n) is 4.83. The molecule has 4 aliphatic rings. The molecule has 1 saturated heterocycles. The third-order valence-corrected chi connectivity index (χ3v) is 5.83. The highest BCUT2D eigenvalue weighted by Crippen LogP contribution is 2.64. The van der Waals surface area contributed by atoms with Crippen molar-refractivity contribution in [2.45, 2.75) is 48.8 Å². The maximum Gasteiger partial charge on any atom is 0.211 e. The van der Waals surface area contributed by atoms with Gasteiger partial charge in [0.15, 0.2) is 23.4 Å². The van der Waals surface area contributed by atoms with Crippen LogP contribution in [0.15, 0.2) is 12.1 Å². The molecule has 0 aromatic heterocycles. The van der Waals surface area contributed by atoms with E-state index >= 15 is 0 Å². The standard InChI is InChI=1S/C18H21NO4/c1-19-8-7-17-14-10-3-4-12(22-2)15(14)23-16(17)11(20)5-6-18(17,21)13(19)9-10/h3-4,13,16,21H,5-9H2,1-2H3/t13-,16?,17+,18-/m1/s1/i1D3,9D2,16D,21D. The van der Waals surface area contributed by atoms with Crippen molar-refractivity contribution >= 4 is 5.78 Å². The lowest BCUT2D eigenvalue weighted by molar-refractivity contribution is -0.185. The molecule has 2 heterocycles. The lowest BCUT2D eigenvalue weighted by Crippen LogP contribution is -2.76. The van der Waals surface area contributed by atoms with Gasteiger partial charge >= 0.3 is 0 Å². The zero-order valence-electron chi connectivity index (χ0n) is 19.6. The monoisotopic (exact) mass is 322 g/mol. The maximum atomic E-state index is 13.1. The molecular weight excluding hydrogens is 294 g/mol. The zero-order chi connectivity index (χ0) is 21.9. The number of carbonyl (C=O) groups is 1. The topological polar surface area (TPSA) is 59.0 Å². The SMILES string of the molecule is [2H]O[C@@]12CCC(=O)C3([2H])Oc4c(OC)ccc5c4[C@@]31CCN(C([2H])([2H])[2H])[C@@H]2C5([2H])[2H]. The number of ketones is 1. The van der Waals surface area contributed by atoms with Crippen molar-refractivity contribution in [3.63, 3.8) is 0 Å². The van der Waals surface area contributed by atoms with Gasteiger partial charge in [0.1, 0.15) is 0 Å². The quantitative estimate of drug-likeness (QED) is 0.882. The average molecular weight is 322 g/mol. The fourth-order valence-corrected chi connectivity index (χ4v) is 4.83. The average Bonchev–Trinajstić information content (AvgIpc) is 2.95. The predicted molar refractivity (Wildman–Crippen MR) is 83.0 cm³/mol. The first-order chi connectivity index (χ1) is 13.9. The van der Waals surface area contributed by atoms with Crippen molar-refractivity contribution < 1.29 is 27.6 Å². The number of nitrogens with zero attached hydrogens (tertiary/aromatic N) is 1. The normalized spacial score (nSPS) is 50.9. The van der Waals surface area contributed by atoms with E-state index in [1.165, 1.54) is 19.2 Å². The van der Waals surface area contributed by atoms with Crippen LogP contribution >= 0.6 is 0 Å². The molecule has 23 heavy (non-hydrogen) atoms. The summed E-state index contributed by atoms with van der Waals surface area (Å²) in [6.07, 6.45) is -4.67. The molecule has 1 saturated carbocycles. The number of methoxy groups -OCH3 is 1. The van der Waals surface area contributed by atoms with Crippen molar-refractivity contribution in [3.05, 3.63) is 23.3 Å². The van der Waals surface area contributed by atoms with Gasteiger partial charge in [-0.2, -0.15) is 0 Å². The number of hydrogen-bond acceptors (Lipinski definition) is 5. The highest BCUT2D eigenvalue weighted by Gasteiger charge is 2.72. The molecule has 2 aliphatic carbocycles. The highest BCUT2D eigenvalue weighted by molar-refractivity contribution is 5.90. The molecule has 4 atom stereocenters. The molecule has 5 nitrogen and oxygen atoms in total. The van der Waals surface area contributed by atoms with Gasteiger partial charge in [0, 0.05) is 24.9 Å². The Morgan fingerprint density at radius 1 is 1.61 bits per heavy atom. The highest BCUT2D eigenvalue weighted by atomic mass is 16.5. The Bertz CT molecular complexity index is 969. The lowest BCUT2D eigenvalue weighted by atomic mass is 9.49. The summed E-state index contributed by atoms with van der Waals surface area (Å²) < 4.78 is 70.4. The predicted octanol–water partition coefficient (Wildman–Crippen LogP) is 1.05. The largest absolute Gasteiger partial charge is 0.493 e. The number of ether oxygens (including phenoxy) is 2. The van der Waals surface area contributed by atoms with Gasteiger partial charge in [0.05, 0.1) is 19.5 Å². The number of aliphatic hydroxyl groups is 1. The Labute approximate surface area is 145 Å². The smallest absolute Gasteiger partial charge is 0.211 e. The van der Waals surface area contributed by atoms with Crippen LogP contribution in [0.2, 0.25) is 0 Å². The van der Waals surface area contributed by atoms with Crippen molar-refractivity contribution in [2.75, 3.05) is 20.6 Å². The van der Waals surface area contributed by atoms with E-state index in [0.717, 1.165) is 4.90 Å². The maximum absolute atomic E-state index is 13.1. The minimum Gasteiger partial charge on any atom is -0.493 e. The van der Waals surface area contributed by atoms with Crippen molar-refractivity contribution in [2.24, 2.45) is 0 Å². The summed E-state index contributed by atoms with van der Waals surface area (Å²) >= 11 is 0. The second-order valence-electron chi connectivity index (χ2n) is 6.66. The van der Waals surface area contributed by atoms with Crippen LogP contribution in [0.4, 0.5) is 0 Å². The molecule has 1 spiro atoms. The van der Waals surface area contributed by atoms with Crippen LogP contribution in [-0.2, 0) is 16.6 Å². The first-order valence-electron chi connectivity index (χ1n) is 11.2. The minimum absolute atomic E-state index is 0.000736. The van der Waals surface area contributed by atoms with Gasteiger partial charge in [0.25, 0.3) is 0 Å². The van der Waals surface area contributed by atoms with Gasteiger partial charge in [-0.15, -0.1) is 0 Å². The molecular formula is C18H21NO4. The number of piperidine rings is 1. The second-order valence-corrected chi connectivity index (χ2v) is 6.66. The fraction of sp³-hybridized carbons (Fsp3) is 0.611.